The summed E-state index contributed by atoms with van der Waals surface area (Å²) in [4.78, 5) is 43.8. The van der Waals surface area contributed by atoms with E-state index < -0.39 is 23.1 Å². The molecule has 3 saturated heterocycles. The van der Waals surface area contributed by atoms with Gasteiger partial charge in [-0.05, 0) is 53.0 Å². The van der Waals surface area contributed by atoms with E-state index in [4.69, 9.17) is 9.15 Å². The van der Waals surface area contributed by atoms with Crippen LogP contribution in [0.15, 0.2) is 16.7 Å². The Kier molecular flexibility index (Phi) is 7.66. The van der Waals surface area contributed by atoms with E-state index in [1.807, 2.05) is 0 Å². The van der Waals surface area contributed by atoms with Gasteiger partial charge in [0.2, 0.25) is 17.9 Å². The van der Waals surface area contributed by atoms with Crippen molar-refractivity contribution >= 4 is 11.8 Å². The number of piperidine rings is 1. The van der Waals surface area contributed by atoms with E-state index in [1.165, 1.54) is 11.2 Å². The number of amides is 2. The third-order valence-corrected chi connectivity index (χ3v) is 7.86. The Balaban J connectivity index is 1.74. The second-order valence-corrected chi connectivity index (χ2v) is 10.5. The van der Waals surface area contributed by atoms with Crippen LogP contribution in [-0.4, -0.2) is 64.0 Å². The standard InChI is InChI=1S/C28H35N3O6/c1-5-7-9-10-12-14-29-17-23(31(34)35)24(20-15-22(36-18-20)13-11-8-6-2)28(25(29)32)16-21-19-37-27(3,4)30(21)26(28)33/h15,18,21,23-24H,9-14,16-17,19H2,1-4H3/t21-,23+,24-,28-/m1/s1. The monoisotopic (exact) mass is 509 g/mol. The zero-order chi connectivity index (χ0) is 26.8. The van der Waals surface area contributed by atoms with E-state index in [-0.39, 0.29) is 35.7 Å². The third kappa shape index (κ3) is 4.73. The first-order chi connectivity index (χ1) is 17.7. The molecule has 3 fully saturated rings. The minimum absolute atomic E-state index is 0.0443. The van der Waals surface area contributed by atoms with E-state index in [0.717, 1.165) is 6.42 Å². The molecule has 37 heavy (non-hydrogen) atoms. The van der Waals surface area contributed by atoms with Crippen molar-refractivity contribution < 1.29 is 23.7 Å². The highest BCUT2D eigenvalue weighted by atomic mass is 16.6. The number of ether oxygens (including phenoxy) is 1. The molecular weight excluding hydrogens is 474 g/mol. The molecule has 0 aromatic carbocycles. The minimum Gasteiger partial charge on any atom is -0.469 e. The number of carbonyl (C=O) groups is 2. The van der Waals surface area contributed by atoms with Gasteiger partial charge in [-0.15, -0.1) is 23.7 Å². The maximum Gasteiger partial charge on any atom is 0.241 e. The molecule has 4 rings (SSSR count). The zero-order valence-corrected chi connectivity index (χ0v) is 22.0. The van der Waals surface area contributed by atoms with Crippen LogP contribution in [0.4, 0.5) is 0 Å². The Hall–Kier alpha value is -3.30. The first kappa shape index (κ1) is 26.8. The number of rotatable bonds is 8. The topological polar surface area (TPSA) is 106 Å². The quantitative estimate of drug-likeness (QED) is 0.175. The van der Waals surface area contributed by atoms with Crippen molar-refractivity contribution in [3.8, 4) is 23.7 Å². The average molecular weight is 510 g/mol. The second kappa shape index (κ2) is 10.6. The molecule has 1 aromatic rings. The summed E-state index contributed by atoms with van der Waals surface area (Å²) in [5, 5.41) is 12.5. The predicted molar refractivity (Wildman–Crippen MR) is 136 cm³/mol. The summed E-state index contributed by atoms with van der Waals surface area (Å²) in [6.45, 7) is 7.75. The van der Waals surface area contributed by atoms with Crippen LogP contribution >= 0.6 is 0 Å². The van der Waals surface area contributed by atoms with Crippen LogP contribution in [0.2, 0.25) is 0 Å². The van der Waals surface area contributed by atoms with E-state index in [1.54, 1.807) is 38.7 Å². The lowest BCUT2D eigenvalue weighted by molar-refractivity contribution is -0.531. The largest absolute Gasteiger partial charge is 0.469 e. The fourth-order valence-corrected chi connectivity index (χ4v) is 6.25. The molecule has 0 bridgehead atoms. The number of nitrogens with zero attached hydrogens (tertiary/aromatic N) is 3. The summed E-state index contributed by atoms with van der Waals surface area (Å²) in [5.74, 6) is 10.7. The molecule has 0 unspecified atom stereocenters. The number of furan rings is 1. The molecule has 1 aromatic heterocycles. The Morgan fingerprint density at radius 3 is 2.54 bits per heavy atom. The maximum atomic E-state index is 14.2. The lowest BCUT2D eigenvalue weighted by Crippen LogP contribution is -2.63. The number of hydrogen-bond donors (Lipinski definition) is 0. The molecular formula is C28H35N3O6. The highest BCUT2D eigenvalue weighted by molar-refractivity contribution is 6.08. The molecule has 4 heterocycles. The predicted octanol–water partition coefficient (Wildman–Crippen LogP) is 3.35. The molecule has 0 N–H and O–H groups in total. The fourth-order valence-electron chi connectivity index (χ4n) is 6.25. The van der Waals surface area contributed by atoms with Crippen LogP contribution in [-0.2, 0) is 20.7 Å². The zero-order valence-electron chi connectivity index (χ0n) is 22.0. The Bertz CT molecular complexity index is 1180. The first-order valence-electron chi connectivity index (χ1n) is 12.9. The van der Waals surface area contributed by atoms with Crippen molar-refractivity contribution in [2.75, 3.05) is 19.7 Å². The van der Waals surface area contributed by atoms with Gasteiger partial charge in [-0.2, -0.15) is 0 Å². The number of hydrogen-bond acceptors (Lipinski definition) is 6. The number of aryl methyl sites for hydroxylation is 1. The van der Waals surface area contributed by atoms with Crippen molar-refractivity contribution in [1.29, 1.82) is 0 Å². The van der Waals surface area contributed by atoms with Gasteiger partial charge >= 0.3 is 0 Å². The Labute approximate surface area is 218 Å². The third-order valence-electron chi connectivity index (χ3n) is 7.86. The molecule has 0 aliphatic carbocycles. The number of nitro groups is 1. The molecule has 3 aliphatic heterocycles. The van der Waals surface area contributed by atoms with E-state index in [2.05, 4.69) is 23.7 Å². The number of carbonyl (C=O) groups excluding carboxylic acids is 2. The van der Waals surface area contributed by atoms with Gasteiger partial charge in [-0.1, -0.05) is 0 Å². The highest BCUT2D eigenvalue weighted by Crippen LogP contribution is 2.56. The molecule has 9 heteroatoms. The van der Waals surface area contributed by atoms with E-state index in [9.17, 15) is 19.7 Å². The van der Waals surface area contributed by atoms with Gasteiger partial charge in [-0.3, -0.25) is 19.7 Å². The summed E-state index contributed by atoms with van der Waals surface area (Å²) in [6, 6.07) is 0.319. The first-order valence-corrected chi connectivity index (χ1v) is 12.9. The molecule has 198 valence electrons. The smallest absolute Gasteiger partial charge is 0.241 e. The van der Waals surface area contributed by atoms with Gasteiger partial charge in [0.15, 0.2) is 0 Å². The Morgan fingerprint density at radius 2 is 1.86 bits per heavy atom. The molecule has 0 saturated carbocycles. The number of fused-ring (bicyclic) bond motifs is 1. The normalized spacial score (nSPS) is 28.1. The van der Waals surface area contributed by atoms with Crippen LogP contribution in [0, 0.1) is 39.2 Å². The van der Waals surface area contributed by atoms with E-state index >= 15 is 0 Å². The van der Waals surface area contributed by atoms with E-state index in [0.29, 0.717) is 50.2 Å². The van der Waals surface area contributed by atoms with Gasteiger partial charge < -0.3 is 19.0 Å². The van der Waals surface area contributed by atoms with Crippen LogP contribution in [0.1, 0.15) is 77.0 Å². The van der Waals surface area contributed by atoms with Gasteiger partial charge in [-0.25, -0.2) is 0 Å². The van der Waals surface area contributed by atoms with Crippen molar-refractivity contribution in [1.82, 2.24) is 9.80 Å². The van der Waals surface area contributed by atoms with Crippen LogP contribution in [0.25, 0.3) is 0 Å². The maximum absolute atomic E-state index is 14.2. The summed E-state index contributed by atoms with van der Waals surface area (Å²) < 4.78 is 11.6. The summed E-state index contributed by atoms with van der Waals surface area (Å²) in [7, 11) is 0. The van der Waals surface area contributed by atoms with Crippen molar-refractivity contribution in [3.05, 3.63) is 33.8 Å². The molecule has 3 aliphatic rings. The van der Waals surface area contributed by atoms with Crippen LogP contribution in [0.3, 0.4) is 0 Å². The summed E-state index contributed by atoms with van der Waals surface area (Å²) in [6.07, 6.45) is 4.95. The van der Waals surface area contributed by atoms with Crippen LogP contribution < -0.4 is 0 Å². The highest BCUT2D eigenvalue weighted by Gasteiger charge is 2.71. The SMILES string of the molecule is CC#CCCCCN1C[C@H]([N+](=O)[O-])[C@@H](c2coc(CCC#CC)c2)[C@]2(C[C@@H]3COC(C)(C)N3C2=O)C1=O. The van der Waals surface area contributed by atoms with Gasteiger partial charge in [0.05, 0.1) is 31.4 Å². The molecule has 0 radical (unpaired) electrons. The summed E-state index contributed by atoms with van der Waals surface area (Å²) >= 11 is 0. The lowest BCUT2D eigenvalue weighted by atomic mass is 9.64. The van der Waals surface area contributed by atoms with Gasteiger partial charge in [0.25, 0.3) is 0 Å². The second-order valence-electron chi connectivity index (χ2n) is 10.5. The van der Waals surface area contributed by atoms with Crippen molar-refractivity contribution in [2.24, 2.45) is 5.41 Å². The molecule has 9 nitrogen and oxygen atoms in total. The Morgan fingerprint density at radius 1 is 1.14 bits per heavy atom. The fraction of sp³-hybridized carbons (Fsp3) is 0.643. The van der Waals surface area contributed by atoms with Crippen molar-refractivity contribution in [3.63, 3.8) is 0 Å². The summed E-state index contributed by atoms with van der Waals surface area (Å²) in [5.41, 5.74) is -1.93. The molecule has 2 amide bonds. The molecule has 4 atom stereocenters. The van der Waals surface area contributed by atoms with Gasteiger partial charge in [0, 0.05) is 36.3 Å². The average Bonchev–Trinajstić information content (AvgIpc) is 3.52. The lowest BCUT2D eigenvalue weighted by Gasteiger charge is -2.45. The minimum atomic E-state index is -1.57. The van der Waals surface area contributed by atoms with Crippen LogP contribution in [0.5, 0.6) is 0 Å². The van der Waals surface area contributed by atoms with Gasteiger partial charge in [0.1, 0.15) is 16.9 Å². The molecule has 1 spiro atoms. The van der Waals surface area contributed by atoms with Crippen molar-refractivity contribution in [2.45, 2.75) is 89.9 Å². The number of likely N-dealkylation sites (tertiary alicyclic amines) is 1. The number of unbranched alkanes of at least 4 members (excludes halogenated alkanes) is 2.